The molecule has 0 aliphatic carbocycles. The van der Waals surface area contributed by atoms with E-state index in [9.17, 15) is 4.79 Å². The number of carbonyl (C=O) groups excluding carboxylic acids is 1. The average Bonchev–Trinajstić information content (AvgIpc) is 3.33. The summed E-state index contributed by atoms with van der Waals surface area (Å²) in [5.41, 5.74) is 3.58. The molecule has 3 heterocycles. The molecule has 146 valence electrons. The van der Waals surface area contributed by atoms with E-state index in [1.165, 1.54) is 6.42 Å². The third kappa shape index (κ3) is 4.40. The normalized spacial score (nSPS) is 15.8. The van der Waals surface area contributed by atoms with Gasteiger partial charge in [-0.3, -0.25) is 14.5 Å². The Balaban J connectivity index is 0.00000225. The van der Waals surface area contributed by atoms with Gasteiger partial charge in [0.25, 0.3) is 5.91 Å². The van der Waals surface area contributed by atoms with Gasteiger partial charge in [0.1, 0.15) is 5.82 Å². The highest BCUT2D eigenvalue weighted by Crippen LogP contribution is 2.27. The lowest BCUT2D eigenvalue weighted by atomic mass is 9.99. The Hall–Kier alpha value is -2.70. The molecule has 1 aliphatic heterocycles. The van der Waals surface area contributed by atoms with Gasteiger partial charge in [-0.2, -0.15) is 5.10 Å². The molecule has 1 amide bonds. The van der Waals surface area contributed by atoms with Crippen LogP contribution in [0.25, 0.3) is 11.1 Å². The van der Waals surface area contributed by atoms with E-state index in [2.05, 4.69) is 20.7 Å². The van der Waals surface area contributed by atoms with Crippen LogP contribution in [0.1, 0.15) is 22.3 Å². The predicted octanol–water partition coefficient (Wildman–Crippen LogP) is 3.31. The number of pyridine rings is 1. The van der Waals surface area contributed by atoms with Crippen molar-refractivity contribution in [3.8, 4) is 11.1 Å². The van der Waals surface area contributed by atoms with E-state index in [-0.39, 0.29) is 18.3 Å². The molecule has 2 aromatic heterocycles. The van der Waals surface area contributed by atoms with Crippen molar-refractivity contribution in [3.05, 3.63) is 66.1 Å². The molecule has 2 N–H and O–H groups in total. The van der Waals surface area contributed by atoms with Crippen LogP contribution in [-0.4, -0.2) is 33.8 Å². The molecule has 1 aromatic carbocycles. The first kappa shape index (κ1) is 20.0. The van der Waals surface area contributed by atoms with Gasteiger partial charge >= 0.3 is 0 Å². The number of aryl methyl sites for hydroxylation is 1. The van der Waals surface area contributed by atoms with E-state index < -0.39 is 0 Å². The Bertz CT molecular complexity index is 935. The molecule has 1 atom stereocenters. The van der Waals surface area contributed by atoms with Gasteiger partial charge in [0.15, 0.2) is 0 Å². The van der Waals surface area contributed by atoms with E-state index in [4.69, 9.17) is 0 Å². The molecular formula is C21H24ClN5O. The maximum atomic E-state index is 12.8. The van der Waals surface area contributed by atoms with Crippen LogP contribution in [-0.2, 0) is 13.5 Å². The van der Waals surface area contributed by atoms with Crippen LogP contribution >= 0.6 is 12.4 Å². The van der Waals surface area contributed by atoms with Crippen molar-refractivity contribution in [3.63, 3.8) is 0 Å². The number of hydrogen-bond donors (Lipinski definition) is 2. The maximum Gasteiger partial charge on any atom is 0.258 e. The molecule has 28 heavy (non-hydrogen) atoms. The minimum atomic E-state index is -0.172. The minimum Gasteiger partial charge on any atom is -0.316 e. The van der Waals surface area contributed by atoms with Crippen LogP contribution in [0.4, 0.5) is 5.82 Å². The number of rotatable bonds is 5. The van der Waals surface area contributed by atoms with Crippen molar-refractivity contribution in [1.29, 1.82) is 0 Å². The molecule has 6 nitrogen and oxygen atoms in total. The molecule has 0 radical (unpaired) electrons. The first-order valence-electron chi connectivity index (χ1n) is 9.24. The molecule has 1 saturated heterocycles. The van der Waals surface area contributed by atoms with Gasteiger partial charge in [0.05, 0.1) is 11.8 Å². The molecule has 7 heteroatoms. The van der Waals surface area contributed by atoms with Gasteiger partial charge in [-0.1, -0.05) is 30.3 Å². The molecule has 1 unspecified atom stereocenters. The third-order valence-electron chi connectivity index (χ3n) is 5.00. The molecule has 0 saturated carbocycles. The SMILES string of the molecule is Cl.Cn1ncc(-c2ccccc2)c1NC(=O)c1cncc(CC2CCNC2)c1. The van der Waals surface area contributed by atoms with Gasteiger partial charge < -0.3 is 10.6 Å². The van der Waals surface area contributed by atoms with Crippen molar-refractivity contribution in [2.45, 2.75) is 12.8 Å². The smallest absolute Gasteiger partial charge is 0.258 e. The molecule has 0 spiro atoms. The van der Waals surface area contributed by atoms with Crippen LogP contribution < -0.4 is 10.6 Å². The summed E-state index contributed by atoms with van der Waals surface area (Å²) in [7, 11) is 1.82. The highest BCUT2D eigenvalue weighted by Gasteiger charge is 2.18. The second-order valence-electron chi connectivity index (χ2n) is 7.00. The quantitative estimate of drug-likeness (QED) is 0.692. The Morgan fingerprint density at radius 1 is 1.25 bits per heavy atom. The second-order valence-corrected chi connectivity index (χ2v) is 7.00. The zero-order valence-electron chi connectivity index (χ0n) is 15.8. The number of carbonyl (C=O) groups is 1. The predicted molar refractivity (Wildman–Crippen MR) is 113 cm³/mol. The van der Waals surface area contributed by atoms with Gasteiger partial charge in [0.2, 0.25) is 0 Å². The monoisotopic (exact) mass is 397 g/mol. The third-order valence-corrected chi connectivity index (χ3v) is 5.00. The van der Waals surface area contributed by atoms with Gasteiger partial charge in [-0.15, -0.1) is 12.4 Å². The summed E-state index contributed by atoms with van der Waals surface area (Å²) in [4.78, 5) is 17.1. The zero-order valence-corrected chi connectivity index (χ0v) is 16.6. The van der Waals surface area contributed by atoms with Crippen LogP contribution in [0.3, 0.4) is 0 Å². The van der Waals surface area contributed by atoms with Crippen molar-refractivity contribution in [2.75, 3.05) is 18.4 Å². The lowest BCUT2D eigenvalue weighted by Crippen LogP contribution is -2.16. The molecule has 4 rings (SSSR count). The number of benzene rings is 1. The van der Waals surface area contributed by atoms with Crippen molar-refractivity contribution in [2.24, 2.45) is 13.0 Å². The number of nitrogens with one attached hydrogen (secondary N) is 2. The largest absolute Gasteiger partial charge is 0.316 e. The molecule has 3 aromatic rings. The van der Waals surface area contributed by atoms with E-state index in [1.54, 1.807) is 17.1 Å². The molecular weight excluding hydrogens is 374 g/mol. The standard InChI is InChI=1S/C21H23N5O.ClH/c1-26-20(19(14-24-26)17-5-3-2-4-6-17)25-21(27)18-10-16(12-23-13-18)9-15-7-8-22-11-15;/h2-6,10,12-15,22H,7-9,11H2,1H3,(H,25,27);1H. The van der Waals surface area contributed by atoms with E-state index in [1.807, 2.05) is 49.6 Å². The van der Waals surface area contributed by atoms with Crippen LogP contribution in [0.2, 0.25) is 0 Å². The zero-order chi connectivity index (χ0) is 18.6. The fourth-order valence-corrected chi connectivity index (χ4v) is 3.54. The highest BCUT2D eigenvalue weighted by molar-refractivity contribution is 6.05. The fraction of sp³-hybridized carbons (Fsp3) is 0.286. The summed E-state index contributed by atoms with van der Waals surface area (Å²) < 4.78 is 1.68. The summed E-state index contributed by atoms with van der Waals surface area (Å²) in [5.74, 6) is 1.12. The molecule has 1 aliphatic rings. The number of nitrogens with zero attached hydrogens (tertiary/aromatic N) is 3. The number of aromatic nitrogens is 3. The topological polar surface area (TPSA) is 71.8 Å². The summed E-state index contributed by atoms with van der Waals surface area (Å²) in [5, 5.41) is 10.7. The van der Waals surface area contributed by atoms with E-state index in [0.29, 0.717) is 17.3 Å². The first-order valence-corrected chi connectivity index (χ1v) is 9.24. The average molecular weight is 398 g/mol. The summed E-state index contributed by atoms with van der Waals surface area (Å²) >= 11 is 0. The number of hydrogen-bond acceptors (Lipinski definition) is 4. The number of anilines is 1. The van der Waals surface area contributed by atoms with Gasteiger partial charge in [-0.05, 0) is 49.0 Å². The Morgan fingerprint density at radius 3 is 2.82 bits per heavy atom. The van der Waals surface area contributed by atoms with Gasteiger partial charge in [0, 0.05) is 25.0 Å². The van der Waals surface area contributed by atoms with Crippen molar-refractivity contribution in [1.82, 2.24) is 20.1 Å². The van der Waals surface area contributed by atoms with E-state index in [0.717, 1.165) is 36.2 Å². The van der Waals surface area contributed by atoms with Crippen LogP contribution in [0.5, 0.6) is 0 Å². The second kappa shape index (κ2) is 8.99. The summed E-state index contributed by atoms with van der Waals surface area (Å²) in [6.07, 6.45) is 7.36. The van der Waals surface area contributed by atoms with E-state index >= 15 is 0 Å². The summed E-state index contributed by atoms with van der Waals surface area (Å²) in [6, 6.07) is 11.9. The molecule has 0 bridgehead atoms. The van der Waals surface area contributed by atoms with Crippen LogP contribution in [0.15, 0.2) is 55.0 Å². The van der Waals surface area contributed by atoms with Crippen molar-refractivity contribution < 1.29 is 4.79 Å². The number of halogens is 1. The lowest BCUT2D eigenvalue weighted by molar-refractivity contribution is 0.102. The van der Waals surface area contributed by atoms with Gasteiger partial charge in [-0.25, -0.2) is 0 Å². The number of amides is 1. The van der Waals surface area contributed by atoms with Crippen LogP contribution in [0, 0.1) is 5.92 Å². The lowest BCUT2D eigenvalue weighted by Gasteiger charge is -2.11. The van der Waals surface area contributed by atoms with Crippen molar-refractivity contribution >= 4 is 24.1 Å². The minimum absolute atomic E-state index is 0. The fourth-order valence-electron chi connectivity index (χ4n) is 3.54. The highest BCUT2D eigenvalue weighted by atomic mass is 35.5. The Kier molecular flexibility index (Phi) is 6.44. The maximum absolute atomic E-state index is 12.8. The Labute approximate surface area is 170 Å². The summed E-state index contributed by atoms with van der Waals surface area (Å²) in [6.45, 7) is 2.10. The Morgan fingerprint density at radius 2 is 2.07 bits per heavy atom. The first-order chi connectivity index (χ1) is 13.2. The molecule has 1 fully saturated rings.